The molecule has 4 amide bonds. The number of rotatable bonds is 11. The van der Waals surface area contributed by atoms with E-state index in [0.29, 0.717) is 47.2 Å². The van der Waals surface area contributed by atoms with Gasteiger partial charge in [0.25, 0.3) is 12.3 Å². The summed E-state index contributed by atoms with van der Waals surface area (Å²) < 4.78 is 87.0. The predicted octanol–water partition coefficient (Wildman–Crippen LogP) is 7.74. The number of cyclic esters (lactones) is 1. The van der Waals surface area contributed by atoms with Gasteiger partial charge >= 0.3 is 12.1 Å². The Hall–Kier alpha value is -6.21. The number of pyridine rings is 1. The van der Waals surface area contributed by atoms with Crippen molar-refractivity contribution in [3.05, 3.63) is 89.8 Å². The first-order valence-electron chi connectivity index (χ1n) is 23.9. The number of likely N-dealkylation sites (N-methyl/N-ethyl adjacent to an activating group) is 1. The maximum atomic E-state index is 15.0. The Balaban J connectivity index is 1.37. The molecule has 7 rings (SSSR count). The molecule has 2 N–H and O–H groups in total. The molecule has 1 unspecified atom stereocenters. The van der Waals surface area contributed by atoms with Crippen molar-refractivity contribution in [1.82, 2.24) is 35.1 Å². The zero-order valence-electron chi connectivity index (χ0n) is 41.1. The van der Waals surface area contributed by atoms with Crippen molar-refractivity contribution >= 4 is 40.5 Å². The van der Waals surface area contributed by atoms with Crippen molar-refractivity contribution in [2.24, 2.45) is 17.3 Å². The number of hydrogen-bond acceptors (Lipinski definition) is 9. The SMILES string of the molecule is C=CC(=O)N1CC[C@H](C(=O)N(C)C(C(=O)N[C@H]2Cc3cc(cc(C(F)F)c3)-c3ccc4c(c3)c(c(-c3cccnc3[C@H](C)OC)n4CC(F)(F)F)CC(C)(C)COC(=O)[C@@H]3CCCN(N3)C2=O)C(C)C)C1. The standard InChI is InChI=1S/C52H62F5N7O7/c1-9-42(65)62-19-16-33(26-62)48(67)61(7)44(29(2)3)47(66)59-40-22-31-20-34(23-35(21-31)46(53)54)32-14-15-41-37(24-32)38(25-51(5,6)28-71-50(69)39-13-11-18-64(60-39)49(40)68)45(63(41)27-52(55,56)57)36-12-10-17-58-43(36)30(4)70-8/h9-10,12,14-15,17,20-21,23-24,29-30,33,39-40,44,46,60H,1,11,13,16,18-19,22,25-28H2,2-8H3,(H,59,66)/t30-,33-,39-,40-,44?/m0/s1. The van der Waals surface area contributed by atoms with Crippen molar-refractivity contribution in [1.29, 1.82) is 0 Å². The lowest BCUT2D eigenvalue weighted by molar-refractivity contribution is -0.155. The van der Waals surface area contributed by atoms with Crippen LogP contribution in [0.25, 0.3) is 33.3 Å². The number of nitrogens with zero attached hydrogens (tertiary/aromatic N) is 5. The summed E-state index contributed by atoms with van der Waals surface area (Å²) in [5.41, 5.74) is 4.23. The van der Waals surface area contributed by atoms with Gasteiger partial charge in [-0.3, -0.25) is 34.0 Å². The second kappa shape index (κ2) is 21.2. The first-order valence-corrected chi connectivity index (χ1v) is 23.9. The maximum Gasteiger partial charge on any atom is 0.406 e. The fourth-order valence-corrected chi connectivity index (χ4v) is 10.2. The first-order chi connectivity index (χ1) is 33.5. The number of halogens is 5. The molecule has 6 bridgehead atoms. The van der Waals surface area contributed by atoms with E-state index in [1.54, 1.807) is 51.1 Å². The van der Waals surface area contributed by atoms with Crippen molar-refractivity contribution in [2.75, 3.05) is 40.4 Å². The predicted molar refractivity (Wildman–Crippen MR) is 255 cm³/mol. The lowest BCUT2D eigenvalue weighted by Gasteiger charge is -2.37. The van der Waals surface area contributed by atoms with Gasteiger partial charge in [-0.15, -0.1) is 0 Å². The molecule has 4 aromatic rings. The molecule has 14 nitrogen and oxygen atoms in total. The highest BCUT2D eigenvalue weighted by atomic mass is 19.4. The van der Waals surface area contributed by atoms with E-state index < -0.39 is 84.0 Å². The van der Waals surface area contributed by atoms with Crippen LogP contribution >= 0.6 is 0 Å². The minimum atomic E-state index is -4.68. The molecule has 0 radical (unpaired) electrons. The summed E-state index contributed by atoms with van der Waals surface area (Å²) in [6.45, 7) is 11.4. The highest BCUT2D eigenvalue weighted by Crippen LogP contribution is 2.43. The van der Waals surface area contributed by atoms with Gasteiger partial charge < -0.3 is 29.2 Å². The average molecular weight is 992 g/mol. The van der Waals surface area contributed by atoms with Crippen LogP contribution in [-0.4, -0.2) is 119 Å². The Morgan fingerprint density at radius 3 is 2.48 bits per heavy atom. The number of likely N-dealkylation sites (tertiary alicyclic amines) is 1. The van der Waals surface area contributed by atoms with Gasteiger partial charge in [-0.1, -0.05) is 52.5 Å². The number of hydrazine groups is 1. The molecule has 2 saturated heterocycles. The molecule has 0 spiro atoms. The van der Waals surface area contributed by atoms with Crippen LogP contribution in [-0.2, 0) is 52.8 Å². The number of hydrogen-bond donors (Lipinski definition) is 2. The molecule has 19 heteroatoms. The third kappa shape index (κ3) is 11.6. The number of carbonyl (C=O) groups excluding carboxylic acids is 5. The van der Waals surface area contributed by atoms with Crippen LogP contribution in [0.5, 0.6) is 0 Å². The van der Waals surface area contributed by atoms with Crippen LogP contribution in [0.1, 0.15) is 88.8 Å². The van der Waals surface area contributed by atoms with Gasteiger partial charge in [0.1, 0.15) is 24.7 Å². The molecule has 0 saturated carbocycles. The number of fused-ring (bicyclic) bond motifs is 6. The number of ether oxygens (including phenoxy) is 2. The van der Waals surface area contributed by atoms with E-state index in [0.717, 1.165) is 0 Å². The van der Waals surface area contributed by atoms with E-state index in [4.69, 9.17) is 9.47 Å². The fourth-order valence-electron chi connectivity index (χ4n) is 10.2. The van der Waals surface area contributed by atoms with E-state index >= 15 is 0 Å². The van der Waals surface area contributed by atoms with Crippen LogP contribution < -0.4 is 10.7 Å². The zero-order valence-corrected chi connectivity index (χ0v) is 41.1. The van der Waals surface area contributed by atoms with Gasteiger partial charge in [0.05, 0.1) is 30.0 Å². The van der Waals surface area contributed by atoms with E-state index in [9.17, 15) is 45.9 Å². The van der Waals surface area contributed by atoms with Crippen molar-refractivity contribution in [3.63, 3.8) is 0 Å². The van der Waals surface area contributed by atoms with E-state index in [1.807, 2.05) is 13.8 Å². The van der Waals surface area contributed by atoms with Crippen LogP contribution in [0.2, 0.25) is 0 Å². The fraction of sp³-hybridized carbons (Fsp3) is 0.500. The molecule has 5 atom stereocenters. The number of aromatic nitrogens is 2. The first kappa shape index (κ1) is 52.6. The quantitative estimate of drug-likeness (QED) is 0.0873. The molecule has 382 valence electrons. The van der Waals surface area contributed by atoms with Gasteiger partial charge in [-0.05, 0) is 97.2 Å². The molecule has 2 aromatic heterocycles. The van der Waals surface area contributed by atoms with Crippen molar-refractivity contribution < 1.29 is 55.4 Å². The van der Waals surface area contributed by atoms with Crippen LogP contribution in [0.15, 0.2) is 67.4 Å². The topological polar surface area (TPSA) is 155 Å². The molecule has 3 aliphatic rings. The van der Waals surface area contributed by atoms with Crippen molar-refractivity contribution in [2.45, 2.75) is 110 Å². The summed E-state index contributed by atoms with van der Waals surface area (Å²) in [7, 11) is 2.95. The van der Waals surface area contributed by atoms with E-state index in [1.165, 1.54) is 64.0 Å². The molecule has 0 aliphatic carbocycles. The van der Waals surface area contributed by atoms with Crippen LogP contribution in [0.3, 0.4) is 0 Å². The van der Waals surface area contributed by atoms with Crippen molar-refractivity contribution in [3.8, 4) is 22.4 Å². The number of methoxy groups -OCH3 is 1. The molecular formula is C52H62F5N7O7. The summed E-state index contributed by atoms with van der Waals surface area (Å²) in [5.74, 6) is -3.81. The number of alkyl halides is 5. The smallest absolute Gasteiger partial charge is 0.406 e. The van der Waals surface area contributed by atoms with Gasteiger partial charge in [-0.2, -0.15) is 13.2 Å². The summed E-state index contributed by atoms with van der Waals surface area (Å²) >= 11 is 0. The Labute approximate surface area is 409 Å². The lowest BCUT2D eigenvalue weighted by atomic mass is 9.84. The van der Waals surface area contributed by atoms with Gasteiger partial charge in [0.2, 0.25) is 17.7 Å². The Kier molecular flexibility index (Phi) is 15.7. The number of amides is 4. The molecule has 3 aliphatic heterocycles. The normalized spacial score (nSPS) is 20.7. The van der Waals surface area contributed by atoms with E-state index in [2.05, 4.69) is 22.3 Å². The van der Waals surface area contributed by atoms with Gasteiger partial charge in [0, 0.05) is 73.9 Å². The van der Waals surface area contributed by atoms with Crippen LogP contribution in [0.4, 0.5) is 22.0 Å². The number of carbonyl (C=O) groups is 5. The molecular weight excluding hydrogens is 930 g/mol. The Morgan fingerprint density at radius 2 is 1.80 bits per heavy atom. The monoisotopic (exact) mass is 991 g/mol. The lowest BCUT2D eigenvalue weighted by Crippen LogP contribution is -2.62. The van der Waals surface area contributed by atoms with Gasteiger partial charge in [-0.25, -0.2) is 14.2 Å². The Bertz CT molecular complexity index is 2690. The van der Waals surface area contributed by atoms with Gasteiger partial charge in [0.15, 0.2) is 0 Å². The minimum Gasteiger partial charge on any atom is -0.464 e. The number of esters is 1. The summed E-state index contributed by atoms with van der Waals surface area (Å²) in [6, 6.07) is 8.65. The summed E-state index contributed by atoms with van der Waals surface area (Å²) in [4.78, 5) is 76.8. The molecule has 2 aromatic carbocycles. The molecule has 5 heterocycles. The summed E-state index contributed by atoms with van der Waals surface area (Å²) in [5, 5.41) is 4.46. The Morgan fingerprint density at radius 1 is 1.06 bits per heavy atom. The maximum absolute atomic E-state index is 15.0. The molecule has 2 fully saturated rings. The molecule has 71 heavy (non-hydrogen) atoms. The zero-order chi connectivity index (χ0) is 51.7. The minimum absolute atomic E-state index is 0.0920. The third-order valence-electron chi connectivity index (χ3n) is 13.7. The second-order valence-corrected chi connectivity index (χ2v) is 20.0. The van der Waals surface area contributed by atoms with E-state index in [-0.39, 0.29) is 73.1 Å². The largest absolute Gasteiger partial charge is 0.464 e. The highest BCUT2D eigenvalue weighted by Gasteiger charge is 2.41. The average Bonchev–Trinajstić information content (AvgIpc) is 3.94. The van der Waals surface area contributed by atoms with Crippen LogP contribution in [0, 0.1) is 17.3 Å². The number of nitrogens with one attached hydrogen (secondary N) is 2. The second-order valence-electron chi connectivity index (χ2n) is 20.0. The number of benzene rings is 2. The highest BCUT2D eigenvalue weighted by molar-refractivity contribution is 5.96. The third-order valence-corrected chi connectivity index (χ3v) is 13.7. The summed E-state index contributed by atoms with van der Waals surface area (Å²) in [6.07, 6.45) is -4.83.